The topological polar surface area (TPSA) is 40.5 Å². The molecule has 0 unspecified atom stereocenters. The zero-order valence-electron chi connectivity index (χ0n) is 11.3. The minimum absolute atomic E-state index is 0.313. The van der Waals surface area contributed by atoms with Gasteiger partial charge in [-0.25, -0.2) is 0 Å². The second-order valence-corrected chi connectivity index (χ2v) is 5.65. The SMILES string of the molecule is CC(C)CC[C@@H]1CCCCN1CCCC(=O)O. The van der Waals surface area contributed by atoms with Gasteiger partial charge in [-0.05, 0) is 51.1 Å². The van der Waals surface area contributed by atoms with Crippen LogP contribution < -0.4 is 0 Å². The van der Waals surface area contributed by atoms with Crippen LogP contribution >= 0.6 is 0 Å². The van der Waals surface area contributed by atoms with E-state index >= 15 is 0 Å². The van der Waals surface area contributed by atoms with E-state index in [1.165, 1.54) is 38.6 Å². The number of nitrogens with zero attached hydrogens (tertiary/aromatic N) is 1. The van der Waals surface area contributed by atoms with Gasteiger partial charge in [0, 0.05) is 12.5 Å². The molecule has 0 aromatic heterocycles. The third kappa shape index (κ3) is 6.06. The third-order valence-corrected chi connectivity index (χ3v) is 3.66. The molecule has 0 spiro atoms. The summed E-state index contributed by atoms with van der Waals surface area (Å²) in [5.74, 6) is 0.110. The quantitative estimate of drug-likeness (QED) is 0.744. The minimum Gasteiger partial charge on any atom is -0.481 e. The summed E-state index contributed by atoms with van der Waals surface area (Å²) in [6.45, 7) is 6.69. The number of hydrogen-bond donors (Lipinski definition) is 1. The highest BCUT2D eigenvalue weighted by Gasteiger charge is 2.21. The van der Waals surface area contributed by atoms with E-state index in [2.05, 4.69) is 18.7 Å². The molecule has 1 atom stereocenters. The van der Waals surface area contributed by atoms with Crippen molar-refractivity contribution >= 4 is 5.97 Å². The van der Waals surface area contributed by atoms with Crippen molar-refractivity contribution in [2.24, 2.45) is 5.92 Å². The zero-order chi connectivity index (χ0) is 12.7. The zero-order valence-corrected chi connectivity index (χ0v) is 11.3. The summed E-state index contributed by atoms with van der Waals surface area (Å²) >= 11 is 0. The fourth-order valence-electron chi connectivity index (χ4n) is 2.64. The van der Waals surface area contributed by atoms with Gasteiger partial charge in [0.1, 0.15) is 0 Å². The highest BCUT2D eigenvalue weighted by molar-refractivity contribution is 5.66. The van der Waals surface area contributed by atoms with Crippen LogP contribution in [0.5, 0.6) is 0 Å². The molecule has 1 heterocycles. The van der Waals surface area contributed by atoms with E-state index in [1.54, 1.807) is 0 Å². The summed E-state index contributed by atoms with van der Waals surface area (Å²) in [5, 5.41) is 8.67. The van der Waals surface area contributed by atoms with Crippen LogP contribution in [-0.4, -0.2) is 35.1 Å². The van der Waals surface area contributed by atoms with Gasteiger partial charge in [0.2, 0.25) is 0 Å². The number of aliphatic carboxylic acids is 1. The minimum atomic E-state index is -0.666. The van der Waals surface area contributed by atoms with Gasteiger partial charge in [-0.15, -0.1) is 0 Å². The molecule has 0 bridgehead atoms. The maximum Gasteiger partial charge on any atom is 0.303 e. The van der Waals surface area contributed by atoms with Crippen LogP contribution in [0.1, 0.15) is 58.8 Å². The molecule has 0 aliphatic carbocycles. The van der Waals surface area contributed by atoms with Crippen LogP contribution in [-0.2, 0) is 4.79 Å². The molecule has 0 saturated carbocycles. The van der Waals surface area contributed by atoms with E-state index in [0.29, 0.717) is 12.5 Å². The predicted octanol–water partition coefficient (Wildman–Crippen LogP) is 3.14. The van der Waals surface area contributed by atoms with Crippen molar-refractivity contribution in [3.63, 3.8) is 0 Å². The Balaban J connectivity index is 2.29. The molecule has 0 amide bonds. The first kappa shape index (κ1) is 14.5. The van der Waals surface area contributed by atoms with Gasteiger partial charge in [0.25, 0.3) is 0 Å². The molecule has 0 aromatic carbocycles. The van der Waals surface area contributed by atoms with Crippen molar-refractivity contribution in [1.29, 1.82) is 0 Å². The molecule has 17 heavy (non-hydrogen) atoms. The molecule has 3 heteroatoms. The lowest BCUT2D eigenvalue weighted by Gasteiger charge is -2.36. The molecule has 1 aliphatic rings. The smallest absolute Gasteiger partial charge is 0.303 e. The highest BCUT2D eigenvalue weighted by Crippen LogP contribution is 2.22. The Morgan fingerprint density at radius 3 is 2.82 bits per heavy atom. The van der Waals surface area contributed by atoms with Crippen LogP contribution in [0.25, 0.3) is 0 Å². The normalized spacial score (nSPS) is 21.9. The monoisotopic (exact) mass is 241 g/mol. The molecule has 1 aliphatic heterocycles. The van der Waals surface area contributed by atoms with Gasteiger partial charge < -0.3 is 10.0 Å². The van der Waals surface area contributed by atoms with Crippen molar-refractivity contribution in [1.82, 2.24) is 4.90 Å². The molecule has 1 rings (SSSR count). The van der Waals surface area contributed by atoms with Crippen LogP contribution in [0, 0.1) is 5.92 Å². The van der Waals surface area contributed by atoms with Gasteiger partial charge in [-0.1, -0.05) is 20.3 Å². The van der Waals surface area contributed by atoms with Crippen molar-refractivity contribution in [3.05, 3.63) is 0 Å². The summed E-state index contributed by atoms with van der Waals surface area (Å²) in [6.07, 6.45) is 7.62. The second kappa shape index (κ2) is 7.70. The van der Waals surface area contributed by atoms with Crippen LogP contribution in [0.2, 0.25) is 0 Å². The third-order valence-electron chi connectivity index (χ3n) is 3.66. The highest BCUT2D eigenvalue weighted by atomic mass is 16.4. The molecular weight excluding hydrogens is 214 g/mol. The first-order valence-corrected chi connectivity index (χ1v) is 7.05. The number of rotatable bonds is 7. The average Bonchev–Trinajstić information content (AvgIpc) is 2.27. The molecule has 1 saturated heterocycles. The van der Waals surface area contributed by atoms with E-state index in [4.69, 9.17) is 5.11 Å². The number of carboxylic acid groups (broad SMARTS) is 1. The number of carboxylic acids is 1. The lowest BCUT2D eigenvalue weighted by atomic mass is 9.94. The summed E-state index contributed by atoms with van der Waals surface area (Å²) in [4.78, 5) is 13.0. The Morgan fingerprint density at radius 2 is 2.18 bits per heavy atom. The number of hydrogen-bond acceptors (Lipinski definition) is 2. The Hall–Kier alpha value is -0.570. The van der Waals surface area contributed by atoms with Crippen LogP contribution in [0.4, 0.5) is 0 Å². The van der Waals surface area contributed by atoms with E-state index in [1.807, 2.05) is 0 Å². The van der Waals surface area contributed by atoms with Gasteiger partial charge in [-0.3, -0.25) is 4.79 Å². The Morgan fingerprint density at radius 1 is 1.41 bits per heavy atom. The summed E-state index contributed by atoms with van der Waals surface area (Å²) < 4.78 is 0. The molecule has 100 valence electrons. The Bertz CT molecular complexity index is 228. The number of likely N-dealkylation sites (tertiary alicyclic amines) is 1. The van der Waals surface area contributed by atoms with E-state index in [-0.39, 0.29) is 0 Å². The fourth-order valence-corrected chi connectivity index (χ4v) is 2.64. The second-order valence-electron chi connectivity index (χ2n) is 5.65. The van der Waals surface area contributed by atoms with Gasteiger partial charge in [0.15, 0.2) is 0 Å². The van der Waals surface area contributed by atoms with E-state index in [9.17, 15) is 4.79 Å². The van der Waals surface area contributed by atoms with Gasteiger partial charge >= 0.3 is 5.97 Å². The van der Waals surface area contributed by atoms with E-state index < -0.39 is 5.97 Å². The van der Waals surface area contributed by atoms with Crippen molar-refractivity contribution in [3.8, 4) is 0 Å². The Labute approximate surface area is 105 Å². The standard InChI is InChI=1S/C14H27NO2/c1-12(2)8-9-13-6-3-4-10-15(13)11-5-7-14(16)17/h12-13H,3-11H2,1-2H3,(H,16,17)/t13-/m0/s1. The largest absolute Gasteiger partial charge is 0.481 e. The van der Waals surface area contributed by atoms with Gasteiger partial charge in [0.05, 0.1) is 0 Å². The van der Waals surface area contributed by atoms with Crippen molar-refractivity contribution in [2.45, 2.75) is 64.8 Å². The number of carbonyl (C=O) groups is 1. The maximum absolute atomic E-state index is 10.5. The lowest BCUT2D eigenvalue weighted by Crippen LogP contribution is -2.40. The summed E-state index contributed by atoms with van der Waals surface area (Å²) in [6, 6.07) is 0.708. The van der Waals surface area contributed by atoms with Crippen LogP contribution in [0.15, 0.2) is 0 Å². The molecule has 3 nitrogen and oxygen atoms in total. The molecule has 1 N–H and O–H groups in total. The van der Waals surface area contributed by atoms with Crippen molar-refractivity contribution in [2.75, 3.05) is 13.1 Å². The fraction of sp³-hybridized carbons (Fsp3) is 0.929. The average molecular weight is 241 g/mol. The first-order valence-electron chi connectivity index (χ1n) is 7.05. The van der Waals surface area contributed by atoms with E-state index in [0.717, 1.165) is 18.9 Å². The summed E-state index contributed by atoms with van der Waals surface area (Å²) in [7, 11) is 0. The predicted molar refractivity (Wildman–Crippen MR) is 70.2 cm³/mol. The van der Waals surface area contributed by atoms with Gasteiger partial charge in [-0.2, -0.15) is 0 Å². The molecule has 0 radical (unpaired) electrons. The Kier molecular flexibility index (Phi) is 6.56. The first-order chi connectivity index (χ1) is 8.09. The summed E-state index contributed by atoms with van der Waals surface area (Å²) in [5.41, 5.74) is 0. The van der Waals surface area contributed by atoms with Crippen LogP contribution in [0.3, 0.4) is 0 Å². The molecule has 1 fully saturated rings. The molecule has 0 aromatic rings. The van der Waals surface area contributed by atoms with Crippen molar-refractivity contribution < 1.29 is 9.90 Å². The number of piperidine rings is 1. The lowest BCUT2D eigenvalue weighted by molar-refractivity contribution is -0.137. The maximum atomic E-state index is 10.5. The molecular formula is C14H27NO2.